The zero-order chi connectivity index (χ0) is 13.3. The van der Waals surface area contributed by atoms with Gasteiger partial charge in [0.25, 0.3) is 0 Å². The predicted octanol–water partition coefficient (Wildman–Crippen LogP) is 3.08. The van der Waals surface area contributed by atoms with E-state index in [9.17, 15) is 8.42 Å². The summed E-state index contributed by atoms with van der Waals surface area (Å²) in [5.41, 5.74) is 0.939. The third-order valence-corrected chi connectivity index (χ3v) is 4.50. The first-order valence-electron chi connectivity index (χ1n) is 5.38. The summed E-state index contributed by atoms with van der Waals surface area (Å²) < 4.78 is 27.4. The van der Waals surface area contributed by atoms with Gasteiger partial charge in [-0.05, 0) is 30.0 Å². The van der Waals surface area contributed by atoms with E-state index in [4.69, 9.17) is 0 Å². The van der Waals surface area contributed by atoms with Crippen LogP contribution in [0.5, 0.6) is 0 Å². The van der Waals surface area contributed by atoms with Crippen molar-refractivity contribution in [2.45, 2.75) is 32.6 Å². The van der Waals surface area contributed by atoms with E-state index in [1.807, 2.05) is 27.7 Å². The molecular weight excluding hydrogens is 302 g/mol. The van der Waals surface area contributed by atoms with Gasteiger partial charge in [-0.2, -0.15) is 0 Å². The molecule has 0 radical (unpaired) electrons. The number of hydrogen-bond donors (Lipinski definition) is 1. The summed E-state index contributed by atoms with van der Waals surface area (Å²) in [6.45, 7) is 8.30. The number of hydrogen-bond acceptors (Lipinski definition) is 2. The smallest absolute Gasteiger partial charge is 0.211 e. The van der Waals surface area contributed by atoms with E-state index in [0.717, 1.165) is 10.0 Å². The van der Waals surface area contributed by atoms with Crippen LogP contribution in [0.4, 0.5) is 0 Å². The number of halogens is 1. The molecule has 0 aliphatic carbocycles. The van der Waals surface area contributed by atoms with Gasteiger partial charge in [0.2, 0.25) is 10.0 Å². The molecule has 5 heteroatoms. The van der Waals surface area contributed by atoms with Crippen molar-refractivity contribution < 1.29 is 8.42 Å². The van der Waals surface area contributed by atoms with Crippen LogP contribution in [0.2, 0.25) is 0 Å². The minimum absolute atomic E-state index is 0.0744. The minimum Gasteiger partial charge on any atom is -0.211 e. The van der Waals surface area contributed by atoms with Gasteiger partial charge in [0, 0.05) is 11.0 Å². The molecule has 0 spiro atoms. The monoisotopic (exact) mass is 319 g/mol. The first-order valence-corrected chi connectivity index (χ1v) is 7.65. The van der Waals surface area contributed by atoms with Gasteiger partial charge >= 0.3 is 0 Å². The van der Waals surface area contributed by atoms with Crippen LogP contribution in [0.1, 0.15) is 26.3 Å². The van der Waals surface area contributed by atoms with E-state index in [1.54, 1.807) is 18.2 Å². The second-order valence-electron chi connectivity index (χ2n) is 5.30. The van der Waals surface area contributed by atoms with Gasteiger partial charge in [0.1, 0.15) is 0 Å². The standard InChI is InChI=1S/C12H18BrNO2S/c1-9-5-6-10(7-11(9)13)17(15,16)14-8-12(2,3)4/h5-7,14H,8H2,1-4H3. The van der Waals surface area contributed by atoms with Crippen LogP contribution in [0, 0.1) is 12.3 Å². The van der Waals surface area contributed by atoms with Crippen molar-refractivity contribution in [3.63, 3.8) is 0 Å². The third-order valence-electron chi connectivity index (χ3n) is 2.25. The quantitative estimate of drug-likeness (QED) is 0.930. The second-order valence-corrected chi connectivity index (χ2v) is 7.92. The van der Waals surface area contributed by atoms with E-state index in [0.29, 0.717) is 11.4 Å². The lowest BCUT2D eigenvalue weighted by atomic mass is 9.98. The van der Waals surface area contributed by atoms with E-state index in [1.165, 1.54) is 0 Å². The summed E-state index contributed by atoms with van der Waals surface area (Å²) in [5.74, 6) is 0. The van der Waals surface area contributed by atoms with Crippen molar-refractivity contribution in [3.05, 3.63) is 28.2 Å². The van der Waals surface area contributed by atoms with Crippen LogP contribution in [0.25, 0.3) is 0 Å². The molecule has 1 rings (SSSR count). The van der Waals surface area contributed by atoms with Gasteiger partial charge in [0.05, 0.1) is 4.90 Å². The maximum atomic E-state index is 12.0. The van der Waals surface area contributed by atoms with E-state index in [2.05, 4.69) is 20.7 Å². The molecule has 0 atom stereocenters. The molecule has 0 unspecified atom stereocenters. The number of aryl methyl sites for hydroxylation is 1. The van der Waals surface area contributed by atoms with Crippen molar-refractivity contribution >= 4 is 26.0 Å². The van der Waals surface area contributed by atoms with Crippen molar-refractivity contribution in [2.75, 3.05) is 6.54 Å². The van der Waals surface area contributed by atoms with Gasteiger partial charge in [-0.1, -0.05) is 42.8 Å². The van der Waals surface area contributed by atoms with Gasteiger partial charge in [-0.25, -0.2) is 13.1 Å². The summed E-state index contributed by atoms with van der Waals surface area (Å²) in [6, 6.07) is 5.03. The van der Waals surface area contributed by atoms with E-state index < -0.39 is 10.0 Å². The Balaban J connectivity index is 2.94. The van der Waals surface area contributed by atoms with Crippen molar-refractivity contribution in [1.29, 1.82) is 0 Å². The maximum Gasteiger partial charge on any atom is 0.240 e. The molecule has 0 fully saturated rings. The lowest BCUT2D eigenvalue weighted by molar-refractivity contribution is 0.407. The van der Waals surface area contributed by atoms with Gasteiger partial charge in [-0.3, -0.25) is 0 Å². The molecule has 1 N–H and O–H groups in total. The topological polar surface area (TPSA) is 46.2 Å². The molecule has 96 valence electrons. The Hall–Kier alpha value is -0.390. The number of benzene rings is 1. The Bertz CT molecular complexity index is 504. The van der Waals surface area contributed by atoms with Crippen molar-refractivity contribution in [3.8, 4) is 0 Å². The minimum atomic E-state index is -3.41. The van der Waals surface area contributed by atoms with E-state index >= 15 is 0 Å². The number of sulfonamides is 1. The molecule has 0 saturated carbocycles. The summed E-state index contributed by atoms with van der Waals surface area (Å²) in [7, 11) is -3.41. The Morgan fingerprint density at radius 2 is 1.88 bits per heavy atom. The zero-order valence-corrected chi connectivity index (χ0v) is 12.9. The fraction of sp³-hybridized carbons (Fsp3) is 0.500. The Morgan fingerprint density at radius 1 is 1.29 bits per heavy atom. The average Bonchev–Trinajstić information content (AvgIpc) is 2.18. The number of rotatable bonds is 3. The van der Waals surface area contributed by atoms with Crippen LogP contribution >= 0.6 is 15.9 Å². The normalized spacial score (nSPS) is 12.8. The molecule has 0 aliphatic heterocycles. The predicted molar refractivity (Wildman–Crippen MR) is 73.5 cm³/mol. The van der Waals surface area contributed by atoms with Crippen LogP contribution in [0.15, 0.2) is 27.6 Å². The second kappa shape index (κ2) is 5.08. The molecule has 3 nitrogen and oxygen atoms in total. The lowest BCUT2D eigenvalue weighted by Gasteiger charge is -2.18. The fourth-order valence-corrected chi connectivity index (χ4v) is 2.98. The summed E-state index contributed by atoms with van der Waals surface area (Å²) in [4.78, 5) is 0.291. The maximum absolute atomic E-state index is 12.0. The van der Waals surface area contributed by atoms with Crippen LogP contribution in [0.3, 0.4) is 0 Å². The summed E-state index contributed by atoms with van der Waals surface area (Å²) in [5, 5.41) is 0. The van der Waals surface area contributed by atoms with Crippen molar-refractivity contribution in [2.24, 2.45) is 5.41 Å². The lowest BCUT2D eigenvalue weighted by Crippen LogP contribution is -2.32. The Labute approximate surface area is 112 Å². The van der Waals surface area contributed by atoms with Crippen LogP contribution in [-0.4, -0.2) is 15.0 Å². The molecule has 17 heavy (non-hydrogen) atoms. The Morgan fingerprint density at radius 3 is 2.35 bits per heavy atom. The highest BCUT2D eigenvalue weighted by molar-refractivity contribution is 9.10. The first kappa shape index (κ1) is 14.7. The molecule has 0 amide bonds. The average molecular weight is 320 g/mol. The third kappa shape index (κ3) is 4.41. The molecule has 0 heterocycles. The molecule has 0 bridgehead atoms. The largest absolute Gasteiger partial charge is 0.240 e. The molecule has 1 aromatic rings. The summed E-state index contributed by atoms with van der Waals surface area (Å²) >= 11 is 3.34. The Kier molecular flexibility index (Phi) is 4.38. The van der Waals surface area contributed by atoms with Gasteiger partial charge < -0.3 is 0 Å². The van der Waals surface area contributed by atoms with E-state index in [-0.39, 0.29) is 5.41 Å². The highest BCUT2D eigenvalue weighted by Gasteiger charge is 2.18. The number of nitrogens with one attached hydrogen (secondary N) is 1. The summed E-state index contributed by atoms with van der Waals surface area (Å²) in [6.07, 6.45) is 0. The molecule has 0 aromatic heterocycles. The first-order chi connectivity index (χ1) is 7.62. The molecule has 0 saturated heterocycles. The van der Waals surface area contributed by atoms with Gasteiger partial charge in [0.15, 0.2) is 0 Å². The SMILES string of the molecule is Cc1ccc(S(=O)(=O)NCC(C)(C)C)cc1Br. The highest BCUT2D eigenvalue weighted by atomic mass is 79.9. The fourth-order valence-electron chi connectivity index (χ4n) is 1.14. The van der Waals surface area contributed by atoms with Crippen molar-refractivity contribution in [1.82, 2.24) is 4.72 Å². The van der Waals surface area contributed by atoms with Gasteiger partial charge in [-0.15, -0.1) is 0 Å². The molecular formula is C12H18BrNO2S. The molecule has 0 aliphatic rings. The zero-order valence-electron chi connectivity index (χ0n) is 10.5. The van der Waals surface area contributed by atoms with Crippen LogP contribution < -0.4 is 4.72 Å². The highest BCUT2D eigenvalue weighted by Crippen LogP contribution is 2.21. The molecule has 1 aromatic carbocycles. The van der Waals surface area contributed by atoms with Crippen LogP contribution in [-0.2, 0) is 10.0 Å².